The summed E-state index contributed by atoms with van der Waals surface area (Å²) in [5.74, 6) is 1.09. The van der Waals surface area contributed by atoms with Gasteiger partial charge in [0.15, 0.2) is 0 Å². The van der Waals surface area contributed by atoms with E-state index in [4.69, 9.17) is 17.7 Å². The topological polar surface area (TPSA) is 66.4 Å². The minimum Gasteiger partial charge on any atom is -0.748 e. The van der Waals surface area contributed by atoms with Gasteiger partial charge < -0.3 is 9.29 Å². The Labute approximate surface area is 95.0 Å². The van der Waals surface area contributed by atoms with Crippen molar-refractivity contribution in [2.24, 2.45) is 0 Å². The van der Waals surface area contributed by atoms with Gasteiger partial charge in [0.1, 0.15) is 11.9 Å². The first-order valence-electron chi connectivity index (χ1n) is 4.95. The van der Waals surface area contributed by atoms with Crippen molar-refractivity contribution in [1.29, 1.82) is 0 Å². The Balaban J connectivity index is 0.000000168. The van der Waals surface area contributed by atoms with E-state index in [0.29, 0.717) is 12.4 Å². The highest BCUT2D eigenvalue weighted by Crippen LogP contribution is 2.54. The second-order valence-electron chi connectivity index (χ2n) is 4.38. The molecule has 2 unspecified atom stereocenters. The number of ether oxygens (including phenoxy) is 1. The maximum Gasteiger partial charge on any atom is 0.124 e. The van der Waals surface area contributed by atoms with Gasteiger partial charge in [-0.1, -0.05) is 12.1 Å². The average molecular weight is 241 g/mol. The molecule has 2 aliphatic carbocycles. The molecule has 0 N–H and O–H groups in total. The van der Waals surface area contributed by atoms with E-state index in [9.17, 15) is 0 Å². The van der Waals surface area contributed by atoms with Crippen molar-refractivity contribution in [3.8, 4) is 5.75 Å². The molecule has 0 saturated carbocycles. The van der Waals surface area contributed by atoms with Gasteiger partial charge in [-0.3, -0.25) is 0 Å². The molecule has 4 nitrogen and oxygen atoms in total. The monoisotopic (exact) mass is 241 g/mol. The molecule has 0 saturated heterocycles. The predicted octanol–water partition coefficient (Wildman–Crippen LogP) is 1.25. The smallest absolute Gasteiger partial charge is 0.124 e. The normalized spacial score (nSPS) is 28.6. The van der Waals surface area contributed by atoms with Crippen molar-refractivity contribution in [2.45, 2.75) is 25.4 Å². The lowest BCUT2D eigenvalue weighted by Gasteiger charge is -2.35. The molecule has 0 fully saturated rings. The second-order valence-corrected chi connectivity index (χ2v) is 5.79. The fraction of sp³-hybridized carbons (Fsp3) is 0.455. The average Bonchev–Trinajstić information content (AvgIpc) is 2.23. The lowest BCUT2D eigenvalue weighted by Crippen LogP contribution is -2.38. The van der Waals surface area contributed by atoms with E-state index in [2.05, 4.69) is 32.0 Å². The minimum atomic E-state index is -3.92. The highest BCUT2D eigenvalue weighted by molar-refractivity contribution is 7.84. The Hall–Kier alpha value is -1.07. The van der Waals surface area contributed by atoms with E-state index in [0.717, 1.165) is 5.75 Å². The Bertz CT molecular complexity index is 523. The zero-order chi connectivity index (χ0) is 12.1. The predicted molar refractivity (Wildman–Crippen MR) is 58.6 cm³/mol. The second kappa shape index (κ2) is 3.21. The fourth-order valence-electron chi connectivity index (χ4n) is 2.20. The molecule has 0 amide bonds. The van der Waals surface area contributed by atoms with Crippen LogP contribution in [0.4, 0.5) is 0 Å². The van der Waals surface area contributed by atoms with Crippen LogP contribution in [-0.4, -0.2) is 25.3 Å². The van der Waals surface area contributed by atoms with Gasteiger partial charge in [0.2, 0.25) is 0 Å². The first-order valence-corrected chi connectivity index (χ1v) is 6.77. The number of rotatable bonds is 0. The van der Waals surface area contributed by atoms with Crippen LogP contribution in [0.1, 0.15) is 25.0 Å². The molecule has 1 aliphatic heterocycles. The van der Waals surface area contributed by atoms with Gasteiger partial charge >= 0.3 is 0 Å². The van der Waals surface area contributed by atoms with Crippen LogP contribution in [0.5, 0.6) is 5.75 Å². The fourth-order valence-corrected chi connectivity index (χ4v) is 2.20. The summed E-state index contributed by atoms with van der Waals surface area (Å²) in [5, 5.41) is 0. The number of benzene rings is 1. The standard InChI is InChI=1S/C10H10O.CH4O3S/c1-6-10(2)7-3-4-9(11-6)8(10)5-7;1-5(2,3)4/h3-6H,1-2H3;1H3,(H,2,3,4)/p-1. The Kier molecular flexibility index (Phi) is 2.29. The van der Waals surface area contributed by atoms with Gasteiger partial charge in [0.05, 0.1) is 15.5 Å². The van der Waals surface area contributed by atoms with Gasteiger partial charge in [0, 0.05) is 11.8 Å². The minimum absolute atomic E-state index is 0.240. The molecule has 1 heterocycles. The molecule has 4 rings (SSSR count). The number of hydrogen-bond acceptors (Lipinski definition) is 4. The van der Waals surface area contributed by atoms with Crippen LogP contribution in [-0.2, 0) is 15.5 Å². The van der Waals surface area contributed by atoms with Gasteiger partial charge in [-0.2, -0.15) is 0 Å². The molecule has 16 heavy (non-hydrogen) atoms. The first-order chi connectivity index (χ1) is 7.23. The van der Waals surface area contributed by atoms with E-state index >= 15 is 0 Å². The molecule has 1 aromatic carbocycles. The summed E-state index contributed by atoms with van der Waals surface area (Å²) in [6.45, 7) is 4.41. The van der Waals surface area contributed by atoms with E-state index in [1.165, 1.54) is 11.1 Å². The Morgan fingerprint density at radius 1 is 1.44 bits per heavy atom. The van der Waals surface area contributed by atoms with Crippen molar-refractivity contribution in [3.05, 3.63) is 29.3 Å². The van der Waals surface area contributed by atoms with Crippen LogP contribution in [0.25, 0.3) is 0 Å². The summed E-state index contributed by atoms with van der Waals surface area (Å²) < 4.78 is 32.9. The van der Waals surface area contributed by atoms with Crippen LogP contribution in [0, 0.1) is 0 Å². The third kappa shape index (κ3) is 1.60. The maximum absolute atomic E-state index is 9.08. The van der Waals surface area contributed by atoms with Crippen LogP contribution in [0.15, 0.2) is 18.2 Å². The zero-order valence-corrected chi connectivity index (χ0v) is 10.2. The van der Waals surface area contributed by atoms with Crippen molar-refractivity contribution >= 4 is 10.1 Å². The number of fused-ring (bicyclic) bond motifs is 1. The van der Waals surface area contributed by atoms with Crippen LogP contribution in [0.3, 0.4) is 0 Å². The SMILES string of the molecule is CC1Oc2ccc3cc2C31C.CS(=O)(=O)[O-]. The first kappa shape index (κ1) is 11.4. The molecule has 1 aromatic rings. The largest absolute Gasteiger partial charge is 0.748 e. The summed E-state index contributed by atoms with van der Waals surface area (Å²) in [6.07, 6.45) is 0.940. The summed E-state index contributed by atoms with van der Waals surface area (Å²) >= 11 is 0. The van der Waals surface area contributed by atoms with Crippen molar-refractivity contribution in [2.75, 3.05) is 6.26 Å². The van der Waals surface area contributed by atoms with Gasteiger partial charge in [-0.25, -0.2) is 8.42 Å². The third-order valence-electron chi connectivity index (χ3n) is 3.26. The molecule has 0 radical (unpaired) electrons. The highest BCUT2D eigenvalue weighted by Gasteiger charge is 2.50. The lowest BCUT2D eigenvalue weighted by molar-refractivity contribution is 0.196. The summed E-state index contributed by atoms with van der Waals surface area (Å²) in [6, 6.07) is 6.49. The molecule has 5 heteroatoms. The third-order valence-corrected chi connectivity index (χ3v) is 3.26. The summed E-state index contributed by atoms with van der Waals surface area (Å²) in [5.41, 5.74) is 3.08. The van der Waals surface area contributed by atoms with Crippen LogP contribution in [0.2, 0.25) is 0 Å². The quantitative estimate of drug-likeness (QED) is 0.641. The Morgan fingerprint density at radius 3 is 2.38 bits per heavy atom. The molecule has 3 aliphatic rings. The molecule has 2 atom stereocenters. The van der Waals surface area contributed by atoms with Gasteiger partial charge in [0.25, 0.3) is 0 Å². The van der Waals surface area contributed by atoms with Crippen molar-refractivity contribution in [3.63, 3.8) is 0 Å². The molecule has 0 aromatic heterocycles. The number of hydrogen-bond donors (Lipinski definition) is 0. The van der Waals surface area contributed by atoms with E-state index in [-0.39, 0.29) is 5.41 Å². The lowest BCUT2D eigenvalue weighted by atomic mass is 9.66. The molecule has 4 bridgehead atoms. The molecule has 88 valence electrons. The highest BCUT2D eigenvalue weighted by atomic mass is 32.2. The van der Waals surface area contributed by atoms with E-state index in [1.807, 2.05) is 0 Å². The molecular formula is C11H13O4S-. The molecular weight excluding hydrogens is 228 g/mol. The maximum atomic E-state index is 9.08. The van der Waals surface area contributed by atoms with E-state index < -0.39 is 10.1 Å². The van der Waals surface area contributed by atoms with Crippen LogP contribution < -0.4 is 4.74 Å². The summed E-state index contributed by atoms with van der Waals surface area (Å²) in [7, 11) is -3.92. The van der Waals surface area contributed by atoms with Gasteiger partial charge in [-0.15, -0.1) is 0 Å². The Morgan fingerprint density at radius 2 is 2.00 bits per heavy atom. The van der Waals surface area contributed by atoms with Crippen molar-refractivity contribution < 1.29 is 17.7 Å². The van der Waals surface area contributed by atoms with Crippen molar-refractivity contribution in [1.82, 2.24) is 0 Å². The summed E-state index contributed by atoms with van der Waals surface area (Å²) in [4.78, 5) is 0. The van der Waals surface area contributed by atoms with Gasteiger partial charge in [-0.05, 0) is 25.5 Å². The van der Waals surface area contributed by atoms with E-state index in [1.54, 1.807) is 0 Å². The molecule has 0 spiro atoms. The van der Waals surface area contributed by atoms with Crippen LogP contribution >= 0.6 is 0 Å². The zero-order valence-electron chi connectivity index (χ0n) is 9.35.